The molecule has 6 heteroatoms. The minimum absolute atomic E-state index is 0.163. The summed E-state index contributed by atoms with van der Waals surface area (Å²) < 4.78 is 6.37. The van der Waals surface area contributed by atoms with Gasteiger partial charge in [-0.15, -0.1) is 0 Å². The lowest BCUT2D eigenvalue weighted by Crippen LogP contribution is -2.81. The molecular formula is C29H31ClN2O3. The second-order valence-electron chi connectivity index (χ2n) is 11.1. The highest BCUT2D eigenvalue weighted by molar-refractivity contribution is 6.30. The van der Waals surface area contributed by atoms with Gasteiger partial charge in [-0.3, -0.25) is 9.69 Å². The molecule has 182 valence electrons. The van der Waals surface area contributed by atoms with Crippen LogP contribution in [0.2, 0.25) is 5.02 Å². The van der Waals surface area contributed by atoms with Gasteiger partial charge in [-0.25, -0.2) is 0 Å². The first-order valence-corrected chi connectivity index (χ1v) is 13.4. The van der Waals surface area contributed by atoms with E-state index in [0.717, 1.165) is 54.4 Å². The summed E-state index contributed by atoms with van der Waals surface area (Å²) in [6.07, 6.45) is 9.57. The number of ether oxygens (including phenoxy) is 1. The van der Waals surface area contributed by atoms with E-state index < -0.39 is 11.5 Å². The number of halogens is 1. The van der Waals surface area contributed by atoms with E-state index in [2.05, 4.69) is 28.4 Å². The number of rotatable bonds is 6. The van der Waals surface area contributed by atoms with E-state index in [1.165, 1.54) is 18.4 Å². The molecule has 2 N–H and O–H groups in total. The highest BCUT2D eigenvalue weighted by atomic mass is 35.5. The number of hydrogen-bond donors (Lipinski definition) is 2. The molecule has 1 saturated heterocycles. The van der Waals surface area contributed by atoms with Crippen LogP contribution < -0.4 is 10.1 Å². The van der Waals surface area contributed by atoms with Gasteiger partial charge in [-0.1, -0.05) is 42.0 Å². The first-order valence-electron chi connectivity index (χ1n) is 13.0. The SMILES string of the molecule is O=C1CC[C@@]2(NC/C=C/c3ccc(Cl)cc3)[C@H]3Cc4ccc(O)c5c4[C@@]2(CCN3CC2CC2)[C@H]1O5. The van der Waals surface area contributed by atoms with Crippen LogP contribution >= 0.6 is 11.6 Å². The Hall–Kier alpha value is -2.34. The fourth-order valence-corrected chi connectivity index (χ4v) is 7.81. The Morgan fingerprint density at radius 1 is 1.17 bits per heavy atom. The fraction of sp³-hybridized carbons (Fsp3) is 0.483. The molecule has 2 bridgehead atoms. The number of carbonyl (C=O) groups is 1. The number of benzene rings is 2. The first kappa shape index (κ1) is 21.9. The van der Waals surface area contributed by atoms with Crippen molar-refractivity contribution in [2.75, 3.05) is 19.6 Å². The van der Waals surface area contributed by atoms with Crippen LogP contribution in [0.25, 0.3) is 6.08 Å². The third-order valence-corrected chi connectivity index (χ3v) is 9.58. The normalized spacial score (nSPS) is 33.1. The summed E-state index contributed by atoms with van der Waals surface area (Å²) in [5.74, 6) is 1.70. The van der Waals surface area contributed by atoms with E-state index in [0.29, 0.717) is 24.8 Å². The summed E-state index contributed by atoms with van der Waals surface area (Å²) in [5, 5.41) is 15.5. The zero-order valence-electron chi connectivity index (χ0n) is 19.8. The van der Waals surface area contributed by atoms with Gasteiger partial charge >= 0.3 is 0 Å². The third-order valence-electron chi connectivity index (χ3n) is 9.33. The van der Waals surface area contributed by atoms with Gasteiger partial charge in [0.05, 0.1) is 5.41 Å². The second kappa shape index (κ2) is 7.83. The lowest BCUT2D eigenvalue weighted by molar-refractivity contribution is -0.144. The van der Waals surface area contributed by atoms with E-state index in [9.17, 15) is 9.90 Å². The maximum atomic E-state index is 13.3. The highest BCUT2D eigenvalue weighted by Crippen LogP contribution is 2.65. The number of nitrogens with one attached hydrogen (secondary N) is 1. The van der Waals surface area contributed by atoms with Crippen molar-refractivity contribution in [2.45, 2.75) is 61.6 Å². The van der Waals surface area contributed by atoms with Gasteiger partial charge < -0.3 is 15.2 Å². The molecule has 0 unspecified atom stereocenters. The Bertz CT molecular complexity index is 1220. The van der Waals surface area contributed by atoms with E-state index >= 15 is 0 Å². The number of phenolic OH excluding ortho intramolecular Hbond substituents is 1. The largest absolute Gasteiger partial charge is 0.504 e. The van der Waals surface area contributed by atoms with Crippen molar-refractivity contribution in [2.24, 2.45) is 5.92 Å². The first-order chi connectivity index (χ1) is 17.0. The molecule has 1 spiro atoms. The molecule has 3 fully saturated rings. The number of piperidine rings is 1. The Morgan fingerprint density at radius 3 is 2.80 bits per heavy atom. The quantitative estimate of drug-likeness (QED) is 0.624. The fourth-order valence-electron chi connectivity index (χ4n) is 7.68. The van der Waals surface area contributed by atoms with E-state index in [-0.39, 0.29) is 17.1 Å². The van der Waals surface area contributed by atoms with E-state index in [1.807, 2.05) is 24.3 Å². The van der Waals surface area contributed by atoms with Crippen molar-refractivity contribution in [3.63, 3.8) is 0 Å². The summed E-state index contributed by atoms with van der Waals surface area (Å²) in [6.45, 7) is 2.83. The summed E-state index contributed by atoms with van der Waals surface area (Å²) in [4.78, 5) is 16.0. The predicted octanol–water partition coefficient (Wildman–Crippen LogP) is 4.49. The zero-order chi connectivity index (χ0) is 23.8. The Labute approximate surface area is 211 Å². The van der Waals surface area contributed by atoms with Gasteiger partial charge in [0.25, 0.3) is 0 Å². The molecule has 2 heterocycles. The Morgan fingerprint density at radius 2 is 2.00 bits per heavy atom. The average molecular weight is 491 g/mol. The van der Waals surface area contributed by atoms with Crippen LogP contribution in [0.1, 0.15) is 48.8 Å². The van der Waals surface area contributed by atoms with Crippen molar-refractivity contribution in [3.8, 4) is 11.5 Å². The smallest absolute Gasteiger partial charge is 0.174 e. The van der Waals surface area contributed by atoms with Crippen LogP contribution in [-0.2, 0) is 16.6 Å². The van der Waals surface area contributed by atoms with E-state index in [1.54, 1.807) is 6.07 Å². The van der Waals surface area contributed by atoms with Crippen LogP contribution in [-0.4, -0.2) is 53.1 Å². The molecule has 0 aromatic heterocycles. The maximum absolute atomic E-state index is 13.3. The summed E-state index contributed by atoms with van der Waals surface area (Å²) >= 11 is 6.04. The number of carbonyl (C=O) groups excluding carboxylic acids is 1. The standard InChI is InChI=1S/C29H31ClN2O3/c30-21-8-5-18(6-9-21)2-1-14-31-29-12-11-23(34)27-28(29)13-15-32(17-19-3-4-19)24(29)16-20-7-10-22(33)26(35-27)25(20)28/h1-2,5-10,19,24,27,31,33H,3-4,11-17H2/b2-1+/t24-,27+,28+,29-/m1/s1. The molecule has 0 radical (unpaired) electrons. The Kier molecular flexibility index (Phi) is 4.90. The van der Waals surface area contributed by atoms with Crippen molar-refractivity contribution < 1.29 is 14.6 Å². The van der Waals surface area contributed by atoms with Crippen molar-refractivity contribution >= 4 is 23.5 Å². The number of Topliss-reactive ketones (excluding diaryl/α,β-unsaturated/α-hetero) is 1. The molecule has 5 nitrogen and oxygen atoms in total. The number of hydrogen-bond acceptors (Lipinski definition) is 5. The number of ketones is 1. The van der Waals surface area contributed by atoms with Crippen LogP contribution in [0.15, 0.2) is 42.5 Å². The lowest BCUT2D eigenvalue weighted by Gasteiger charge is -2.65. The van der Waals surface area contributed by atoms with Crippen LogP contribution in [0.4, 0.5) is 0 Å². The van der Waals surface area contributed by atoms with Crippen molar-refractivity contribution in [1.29, 1.82) is 0 Å². The number of nitrogens with zero attached hydrogens (tertiary/aromatic N) is 1. The van der Waals surface area contributed by atoms with Crippen LogP contribution in [0.3, 0.4) is 0 Å². The highest BCUT2D eigenvalue weighted by Gasteiger charge is 2.73. The van der Waals surface area contributed by atoms with Gasteiger partial charge in [-0.2, -0.15) is 0 Å². The topological polar surface area (TPSA) is 61.8 Å². The molecule has 2 aromatic rings. The second-order valence-corrected chi connectivity index (χ2v) is 11.5. The van der Waals surface area contributed by atoms with Crippen LogP contribution in [0.5, 0.6) is 11.5 Å². The van der Waals surface area contributed by atoms with Crippen LogP contribution in [0, 0.1) is 5.92 Å². The molecule has 7 rings (SSSR count). The number of phenols is 1. The minimum atomic E-state index is -0.517. The molecule has 0 amide bonds. The van der Waals surface area contributed by atoms with Gasteiger partial charge in [0, 0.05) is 41.7 Å². The van der Waals surface area contributed by atoms with Gasteiger partial charge in [0.1, 0.15) is 0 Å². The minimum Gasteiger partial charge on any atom is -0.504 e. The molecule has 2 aromatic carbocycles. The molecule has 2 saturated carbocycles. The maximum Gasteiger partial charge on any atom is 0.174 e. The molecule has 5 aliphatic rings. The predicted molar refractivity (Wildman–Crippen MR) is 136 cm³/mol. The lowest BCUT2D eigenvalue weighted by atomic mass is 9.47. The van der Waals surface area contributed by atoms with Crippen molar-refractivity contribution in [1.82, 2.24) is 10.2 Å². The molecule has 2 aliphatic heterocycles. The average Bonchev–Trinajstić information content (AvgIpc) is 3.60. The van der Waals surface area contributed by atoms with Crippen molar-refractivity contribution in [3.05, 3.63) is 64.2 Å². The monoisotopic (exact) mass is 490 g/mol. The third kappa shape index (κ3) is 3.11. The number of aromatic hydroxyl groups is 1. The van der Waals surface area contributed by atoms with Gasteiger partial charge in [0.15, 0.2) is 23.4 Å². The number of likely N-dealkylation sites (tertiary alicyclic amines) is 1. The van der Waals surface area contributed by atoms with E-state index in [4.69, 9.17) is 16.3 Å². The molecule has 3 aliphatic carbocycles. The summed E-state index contributed by atoms with van der Waals surface area (Å²) in [5.41, 5.74) is 2.77. The molecular weight excluding hydrogens is 460 g/mol. The van der Waals surface area contributed by atoms with Gasteiger partial charge in [0.2, 0.25) is 0 Å². The van der Waals surface area contributed by atoms with Gasteiger partial charge in [-0.05, 0) is 73.9 Å². The summed E-state index contributed by atoms with van der Waals surface area (Å²) in [7, 11) is 0. The molecule has 35 heavy (non-hydrogen) atoms. The summed E-state index contributed by atoms with van der Waals surface area (Å²) in [6, 6.07) is 12.0. The molecule has 4 atom stereocenters. The Balaban J connectivity index is 1.30. The zero-order valence-corrected chi connectivity index (χ0v) is 20.6.